The first-order valence-electron chi connectivity index (χ1n) is 5.44. The van der Waals surface area contributed by atoms with Crippen LogP contribution in [0.3, 0.4) is 0 Å². The molecule has 94 valence electrons. The van der Waals surface area contributed by atoms with Crippen molar-refractivity contribution in [3.63, 3.8) is 0 Å². The number of hydrogen-bond acceptors (Lipinski definition) is 1. The normalized spacial score (nSPS) is 12.4. The van der Waals surface area contributed by atoms with Crippen molar-refractivity contribution in [2.45, 2.75) is 12.5 Å². The summed E-state index contributed by atoms with van der Waals surface area (Å²) >= 11 is 5.92. The minimum absolute atomic E-state index is 0.183. The zero-order valence-electron chi connectivity index (χ0n) is 9.41. The molecular formula is C14H11ClF2O. The summed E-state index contributed by atoms with van der Waals surface area (Å²) in [4.78, 5) is 0. The summed E-state index contributed by atoms with van der Waals surface area (Å²) < 4.78 is 25.8. The lowest BCUT2D eigenvalue weighted by Crippen LogP contribution is -2.02. The van der Waals surface area contributed by atoms with Crippen LogP contribution in [0.2, 0.25) is 5.02 Å². The van der Waals surface area contributed by atoms with E-state index in [1.54, 1.807) is 0 Å². The molecule has 0 aliphatic carbocycles. The Hall–Kier alpha value is -1.45. The fourth-order valence-electron chi connectivity index (χ4n) is 1.71. The summed E-state index contributed by atoms with van der Waals surface area (Å²) in [6, 6.07) is 9.52. The van der Waals surface area contributed by atoms with Crippen molar-refractivity contribution in [1.29, 1.82) is 0 Å². The first-order chi connectivity index (χ1) is 8.56. The summed E-state index contributed by atoms with van der Waals surface area (Å²) in [7, 11) is 0. The lowest BCUT2D eigenvalue weighted by Gasteiger charge is -2.12. The van der Waals surface area contributed by atoms with Gasteiger partial charge in [0, 0.05) is 11.4 Å². The Morgan fingerprint density at radius 1 is 1.00 bits per heavy atom. The summed E-state index contributed by atoms with van der Waals surface area (Å²) in [6.45, 7) is 0. The number of benzene rings is 2. The molecule has 0 saturated heterocycles. The first kappa shape index (κ1) is 13.0. The highest BCUT2D eigenvalue weighted by molar-refractivity contribution is 6.31. The van der Waals surface area contributed by atoms with Crippen LogP contribution in [0.5, 0.6) is 0 Å². The molecule has 2 aromatic carbocycles. The van der Waals surface area contributed by atoms with E-state index in [0.29, 0.717) is 16.1 Å². The van der Waals surface area contributed by atoms with Crippen LogP contribution >= 0.6 is 11.6 Å². The van der Waals surface area contributed by atoms with Crippen LogP contribution in [0.15, 0.2) is 42.5 Å². The van der Waals surface area contributed by atoms with Gasteiger partial charge in [-0.05, 0) is 41.5 Å². The molecule has 0 aromatic heterocycles. The average molecular weight is 269 g/mol. The Labute approximate surface area is 109 Å². The highest BCUT2D eigenvalue weighted by Gasteiger charge is 2.11. The Morgan fingerprint density at radius 2 is 1.61 bits per heavy atom. The van der Waals surface area contributed by atoms with Gasteiger partial charge in [0.2, 0.25) is 0 Å². The Kier molecular flexibility index (Phi) is 3.94. The fraction of sp³-hybridized carbons (Fsp3) is 0.143. The van der Waals surface area contributed by atoms with Crippen molar-refractivity contribution >= 4 is 11.6 Å². The maximum Gasteiger partial charge on any atom is 0.123 e. The van der Waals surface area contributed by atoms with Gasteiger partial charge in [-0.3, -0.25) is 0 Å². The molecule has 0 aliphatic heterocycles. The van der Waals surface area contributed by atoms with Gasteiger partial charge < -0.3 is 5.11 Å². The number of rotatable bonds is 3. The van der Waals surface area contributed by atoms with E-state index >= 15 is 0 Å². The maximum atomic E-state index is 13.1. The van der Waals surface area contributed by atoms with E-state index in [-0.39, 0.29) is 12.2 Å². The van der Waals surface area contributed by atoms with Gasteiger partial charge in [0.05, 0.1) is 6.10 Å². The molecule has 0 spiro atoms. The topological polar surface area (TPSA) is 20.2 Å². The van der Waals surface area contributed by atoms with Crippen molar-refractivity contribution in [3.05, 3.63) is 70.2 Å². The molecule has 0 fully saturated rings. The standard InChI is InChI=1S/C14H11ClF2O/c15-13-6-5-12(17)7-10(13)8-14(18)9-1-3-11(16)4-2-9/h1-7,14,18H,8H2. The molecule has 0 heterocycles. The number of halogens is 3. The largest absolute Gasteiger partial charge is 0.388 e. The first-order valence-corrected chi connectivity index (χ1v) is 5.81. The third kappa shape index (κ3) is 3.06. The SMILES string of the molecule is OC(Cc1cc(F)ccc1Cl)c1ccc(F)cc1. The molecule has 1 nitrogen and oxygen atoms in total. The highest BCUT2D eigenvalue weighted by atomic mass is 35.5. The minimum atomic E-state index is -0.843. The van der Waals surface area contributed by atoms with Gasteiger partial charge in [-0.2, -0.15) is 0 Å². The zero-order valence-corrected chi connectivity index (χ0v) is 10.2. The molecule has 18 heavy (non-hydrogen) atoms. The van der Waals surface area contributed by atoms with Gasteiger partial charge in [0.15, 0.2) is 0 Å². The number of aliphatic hydroxyl groups excluding tert-OH is 1. The lowest BCUT2D eigenvalue weighted by atomic mass is 10.0. The predicted octanol–water partition coefficient (Wildman–Crippen LogP) is 3.89. The molecule has 4 heteroatoms. The Morgan fingerprint density at radius 3 is 2.28 bits per heavy atom. The van der Waals surface area contributed by atoms with E-state index in [2.05, 4.69) is 0 Å². The van der Waals surface area contributed by atoms with E-state index in [1.807, 2.05) is 0 Å². The van der Waals surface area contributed by atoms with Crippen molar-refractivity contribution in [1.82, 2.24) is 0 Å². The van der Waals surface area contributed by atoms with E-state index in [4.69, 9.17) is 11.6 Å². The van der Waals surface area contributed by atoms with Crippen molar-refractivity contribution in [2.75, 3.05) is 0 Å². The Bertz CT molecular complexity index is 540. The number of aliphatic hydroxyl groups is 1. The molecule has 1 atom stereocenters. The van der Waals surface area contributed by atoms with E-state index < -0.39 is 11.9 Å². The van der Waals surface area contributed by atoms with Gasteiger partial charge in [0.25, 0.3) is 0 Å². The molecule has 2 rings (SSSR count). The van der Waals surface area contributed by atoms with Gasteiger partial charge in [-0.1, -0.05) is 23.7 Å². The second kappa shape index (κ2) is 5.46. The minimum Gasteiger partial charge on any atom is -0.388 e. The predicted molar refractivity (Wildman–Crippen MR) is 66.5 cm³/mol. The van der Waals surface area contributed by atoms with E-state index in [1.165, 1.54) is 42.5 Å². The van der Waals surface area contributed by atoms with Crippen LogP contribution in [0, 0.1) is 11.6 Å². The smallest absolute Gasteiger partial charge is 0.123 e. The van der Waals surface area contributed by atoms with Crippen LogP contribution in [0.1, 0.15) is 17.2 Å². The van der Waals surface area contributed by atoms with E-state index in [0.717, 1.165) is 0 Å². The van der Waals surface area contributed by atoms with Crippen LogP contribution in [0.25, 0.3) is 0 Å². The molecular weight excluding hydrogens is 258 g/mol. The second-order valence-electron chi connectivity index (χ2n) is 4.01. The van der Waals surface area contributed by atoms with Crippen LogP contribution in [-0.4, -0.2) is 5.11 Å². The van der Waals surface area contributed by atoms with Gasteiger partial charge in [-0.25, -0.2) is 8.78 Å². The number of hydrogen-bond donors (Lipinski definition) is 1. The summed E-state index contributed by atoms with van der Waals surface area (Å²) in [6.07, 6.45) is -0.660. The third-order valence-electron chi connectivity index (χ3n) is 2.68. The van der Waals surface area contributed by atoms with Gasteiger partial charge in [0.1, 0.15) is 11.6 Å². The van der Waals surface area contributed by atoms with Gasteiger partial charge >= 0.3 is 0 Å². The van der Waals surface area contributed by atoms with Crippen LogP contribution in [-0.2, 0) is 6.42 Å². The summed E-state index contributed by atoms with van der Waals surface area (Å²) in [5, 5.41) is 10.4. The van der Waals surface area contributed by atoms with Crippen molar-refractivity contribution in [3.8, 4) is 0 Å². The summed E-state index contributed by atoms with van der Waals surface area (Å²) in [5.41, 5.74) is 1.09. The third-order valence-corrected chi connectivity index (χ3v) is 3.04. The quantitative estimate of drug-likeness (QED) is 0.895. The molecule has 1 unspecified atom stereocenters. The maximum absolute atomic E-state index is 13.1. The molecule has 0 bridgehead atoms. The summed E-state index contributed by atoms with van der Waals surface area (Å²) in [5.74, 6) is -0.768. The highest BCUT2D eigenvalue weighted by Crippen LogP contribution is 2.24. The second-order valence-corrected chi connectivity index (χ2v) is 4.41. The lowest BCUT2D eigenvalue weighted by molar-refractivity contribution is 0.178. The molecule has 0 radical (unpaired) electrons. The fourth-order valence-corrected chi connectivity index (χ4v) is 1.91. The van der Waals surface area contributed by atoms with Gasteiger partial charge in [-0.15, -0.1) is 0 Å². The monoisotopic (exact) mass is 268 g/mol. The molecule has 0 aliphatic rings. The van der Waals surface area contributed by atoms with E-state index in [9.17, 15) is 13.9 Å². The molecule has 2 aromatic rings. The molecule has 1 N–H and O–H groups in total. The van der Waals surface area contributed by atoms with Crippen molar-refractivity contribution < 1.29 is 13.9 Å². The van der Waals surface area contributed by atoms with Crippen molar-refractivity contribution in [2.24, 2.45) is 0 Å². The molecule has 0 saturated carbocycles. The average Bonchev–Trinajstić information content (AvgIpc) is 2.34. The van der Waals surface area contributed by atoms with Crippen LogP contribution in [0.4, 0.5) is 8.78 Å². The molecule has 0 amide bonds. The Balaban J connectivity index is 2.18. The zero-order chi connectivity index (χ0) is 13.1. The van der Waals surface area contributed by atoms with Crippen LogP contribution < -0.4 is 0 Å².